The van der Waals surface area contributed by atoms with Crippen LogP contribution in [0.1, 0.15) is 11.1 Å². The fourth-order valence-electron chi connectivity index (χ4n) is 1.93. The Morgan fingerprint density at radius 3 is 2.71 bits per heavy atom. The van der Waals surface area contributed by atoms with Crippen molar-refractivity contribution in [2.24, 2.45) is 0 Å². The summed E-state index contributed by atoms with van der Waals surface area (Å²) in [6.45, 7) is 2.07. The number of nitrogens with zero attached hydrogens (tertiary/aromatic N) is 2. The maximum Gasteiger partial charge on any atom is 0.209 e. The molecule has 0 aliphatic rings. The Kier molecular flexibility index (Phi) is 4.27. The molecule has 0 bridgehead atoms. The average molecular weight is 316 g/mol. The van der Waals surface area contributed by atoms with Crippen molar-refractivity contribution in [3.63, 3.8) is 0 Å². The van der Waals surface area contributed by atoms with Gasteiger partial charge in [-0.15, -0.1) is 5.10 Å². The van der Waals surface area contributed by atoms with Crippen LogP contribution >= 0.6 is 23.4 Å². The zero-order valence-electron chi connectivity index (χ0n) is 11.5. The van der Waals surface area contributed by atoms with Crippen molar-refractivity contribution in [3.05, 3.63) is 64.7 Å². The largest absolute Gasteiger partial charge is 0.258 e. The molecule has 0 saturated carbocycles. The van der Waals surface area contributed by atoms with Gasteiger partial charge >= 0.3 is 0 Å². The van der Waals surface area contributed by atoms with E-state index in [1.54, 1.807) is 11.8 Å². The fraction of sp³-hybridized carbons (Fsp3) is 0.125. The smallest absolute Gasteiger partial charge is 0.209 e. The molecule has 3 rings (SSSR count). The second-order valence-corrected chi connectivity index (χ2v) is 6.13. The minimum Gasteiger partial charge on any atom is -0.258 e. The molecule has 0 radical (unpaired) electrons. The number of aryl methyl sites for hydroxylation is 1. The summed E-state index contributed by atoms with van der Waals surface area (Å²) in [5.41, 5.74) is 3.44. The summed E-state index contributed by atoms with van der Waals surface area (Å²) in [7, 11) is 0. The molecule has 5 heteroatoms. The molecule has 0 spiro atoms. The topological polar surface area (TPSA) is 41.6 Å². The highest BCUT2D eigenvalue weighted by Gasteiger charge is 2.06. The summed E-state index contributed by atoms with van der Waals surface area (Å²) in [5, 5.41) is 8.72. The van der Waals surface area contributed by atoms with Crippen LogP contribution in [0.2, 0.25) is 5.02 Å². The van der Waals surface area contributed by atoms with Gasteiger partial charge in [-0.25, -0.2) is 4.98 Å². The van der Waals surface area contributed by atoms with Gasteiger partial charge in [0.15, 0.2) is 5.82 Å². The molecule has 0 saturated heterocycles. The number of halogens is 1. The van der Waals surface area contributed by atoms with Crippen LogP contribution in [0.3, 0.4) is 0 Å². The Morgan fingerprint density at radius 2 is 1.95 bits per heavy atom. The van der Waals surface area contributed by atoms with Crippen molar-refractivity contribution in [2.75, 3.05) is 0 Å². The number of thioether (sulfide) groups is 1. The highest BCUT2D eigenvalue weighted by Crippen LogP contribution is 2.23. The minimum atomic E-state index is 0.741. The van der Waals surface area contributed by atoms with E-state index in [0.29, 0.717) is 0 Å². The predicted octanol–water partition coefficient (Wildman–Crippen LogP) is 4.73. The maximum atomic E-state index is 5.98. The van der Waals surface area contributed by atoms with Gasteiger partial charge < -0.3 is 0 Å². The Morgan fingerprint density at radius 1 is 1.14 bits per heavy atom. The Labute approximate surface area is 132 Å². The number of nitrogens with one attached hydrogen (secondary N) is 1. The van der Waals surface area contributed by atoms with Gasteiger partial charge in [0.1, 0.15) is 0 Å². The standard InChI is InChI=1S/C16H14ClN3S/c1-11-5-7-13(8-6-11)15-18-16(20-19-15)21-10-12-3-2-4-14(17)9-12/h2-9H,10H2,1H3,(H,18,19,20). The molecule has 0 unspecified atom stereocenters. The van der Waals surface area contributed by atoms with Crippen molar-refractivity contribution in [3.8, 4) is 11.4 Å². The number of hydrogen-bond acceptors (Lipinski definition) is 3. The summed E-state index contributed by atoms with van der Waals surface area (Å²) in [6.07, 6.45) is 0. The summed E-state index contributed by atoms with van der Waals surface area (Å²) in [6, 6.07) is 16.1. The Bertz CT molecular complexity index is 737. The third kappa shape index (κ3) is 3.65. The van der Waals surface area contributed by atoms with Crippen LogP contribution in [-0.2, 0) is 5.75 Å². The molecular formula is C16H14ClN3S. The molecule has 2 aromatic carbocycles. The van der Waals surface area contributed by atoms with E-state index < -0.39 is 0 Å². The molecule has 21 heavy (non-hydrogen) atoms. The zero-order valence-corrected chi connectivity index (χ0v) is 13.1. The van der Waals surface area contributed by atoms with Gasteiger partial charge in [0.2, 0.25) is 5.16 Å². The molecule has 1 aromatic heterocycles. The molecule has 0 atom stereocenters. The maximum absolute atomic E-state index is 5.98. The van der Waals surface area contributed by atoms with E-state index >= 15 is 0 Å². The van der Waals surface area contributed by atoms with Crippen LogP contribution in [0.5, 0.6) is 0 Å². The predicted molar refractivity (Wildman–Crippen MR) is 87.6 cm³/mol. The van der Waals surface area contributed by atoms with E-state index in [1.807, 2.05) is 36.4 Å². The van der Waals surface area contributed by atoms with Gasteiger partial charge in [0, 0.05) is 16.3 Å². The van der Waals surface area contributed by atoms with Crippen LogP contribution in [0, 0.1) is 6.92 Å². The van der Waals surface area contributed by atoms with Gasteiger partial charge in [0.25, 0.3) is 0 Å². The first-order valence-electron chi connectivity index (χ1n) is 6.57. The fourth-order valence-corrected chi connectivity index (χ4v) is 2.88. The first-order valence-corrected chi connectivity index (χ1v) is 7.94. The lowest BCUT2D eigenvalue weighted by molar-refractivity contribution is 0.973. The average Bonchev–Trinajstić information content (AvgIpc) is 2.95. The van der Waals surface area contributed by atoms with Crippen LogP contribution in [0.25, 0.3) is 11.4 Å². The number of H-pyrrole nitrogens is 1. The van der Waals surface area contributed by atoms with E-state index in [4.69, 9.17) is 11.6 Å². The molecule has 0 aliphatic carbocycles. The molecule has 3 nitrogen and oxygen atoms in total. The van der Waals surface area contributed by atoms with Gasteiger partial charge in [-0.1, -0.05) is 65.3 Å². The normalized spacial score (nSPS) is 10.8. The molecule has 1 N–H and O–H groups in total. The SMILES string of the molecule is Cc1ccc(-c2nc(SCc3cccc(Cl)c3)n[nH]2)cc1. The molecule has 106 valence electrons. The minimum absolute atomic E-state index is 0.741. The van der Waals surface area contributed by atoms with Crippen molar-refractivity contribution >= 4 is 23.4 Å². The van der Waals surface area contributed by atoms with Crippen molar-refractivity contribution in [1.29, 1.82) is 0 Å². The van der Waals surface area contributed by atoms with Gasteiger partial charge in [0.05, 0.1) is 0 Å². The number of aromatic amines is 1. The highest BCUT2D eigenvalue weighted by molar-refractivity contribution is 7.98. The van der Waals surface area contributed by atoms with E-state index in [9.17, 15) is 0 Å². The molecule has 0 amide bonds. The quantitative estimate of drug-likeness (QED) is 0.708. The molecule has 0 aliphatic heterocycles. The monoisotopic (exact) mass is 315 g/mol. The summed E-state index contributed by atoms with van der Waals surface area (Å²) in [5.74, 6) is 1.59. The molecule has 1 heterocycles. The second-order valence-electron chi connectivity index (χ2n) is 4.75. The summed E-state index contributed by atoms with van der Waals surface area (Å²) >= 11 is 7.57. The first-order chi connectivity index (χ1) is 10.2. The number of rotatable bonds is 4. The second kappa shape index (κ2) is 6.33. The van der Waals surface area contributed by atoms with E-state index in [0.717, 1.165) is 32.9 Å². The Hall–Kier alpha value is -1.78. The number of hydrogen-bond donors (Lipinski definition) is 1. The highest BCUT2D eigenvalue weighted by atomic mass is 35.5. The van der Waals surface area contributed by atoms with Gasteiger partial charge in [-0.3, -0.25) is 5.10 Å². The third-order valence-electron chi connectivity index (χ3n) is 3.05. The Balaban J connectivity index is 1.69. The first kappa shape index (κ1) is 14.2. The van der Waals surface area contributed by atoms with Crippen molar-refractivity contribution < 1.29 is 0 Å². The molecule has 3 aromatic rings. The van der Waals surface area contributed by atoms with Crippen LogP contribution in [0.4, 0.5) is 0 Å². The third-order valence-corrected chi connectivity index (χ3v) is 4.20. The zero-order chi connectivity index (χ0) is 14.7. The molecular weight excluding hydrogens is 302 g/mol. The summed E-state index contributed by atoms with van der Waals surface area (Å²) in [4.78, 5) is 4.51. The van der Waals surface area contributed by atoms with Crippen LogP contribution < -0.4 is 0 Å². The number of benzene rings is 2. The van der Waals surface area contributed by atoms with E-state index in [-0.39, 0.29) is 0 Å². The van der Waals surface area contributed by atoms with Crippen molar-refractivity contribution in [2.45, 2.75) is 17.8 Å². The molecule has 0 fully saturated rings. The van der Waals surface area contributed by atoms with E-state index in [2.05, 4.69) is 34.2 Å². The van der Waals surface area contributed by atoms with Gasteiger partial charge in [-0.2, -0.15) is 0 Å². The lowest BCUT2D eigenvalue weighted by Crippen LogP contribution is -1.82. The summed E-state index contributed by atoms with van der Waals surface area (Å²) < 4.78 is 0. The lowest BCUT2D eigenvalue weighted by Gasteiger charge is -1.99. The van der Waals surface area contributed by atoms with Crippen molar-refractivity contribution in [1.82, 2.24) is 15.2 Å². The van der Waals surface area contributed by atoms with Crippen LogP contribution in [-0.4, -0.2) is 15.2 Å². The number of aromatic nitrogens is 3. The lowest BCUT2D eigenvalue weighted by atomic mass is 10.1. The van der Waals surface area contributed by atoms with Gasteiger partial charge in [-0.05, 0) is 24.6 Å². The van der Waals surface area contributed by atoms with E-state index in [1.165, 1.54) is 5.56 Å². The van der Waals surface area contributed by atoms with Crippen LogP contribution in [0.15, 0.2) is 53.7 Å².